The fourth-order valence-corrected chi connectivity index (χ4v) is 7.33. The summed E-state index contributed by atoms with van der Waals surface area (Å²) in [6.07, 6.45) is 6.69. The van der Waals surface area contributed by atoms with Crippen molar-refractivity contribution in [2.45, 2.75) is 0 Å². The number of fused-ring (bicyclic) bond motifs is 2. The lowest BCUT2D eigenvalue weighted by Gasteiger charge is -2.24. The molecule has 0 aliphatic carbocycles. The highest BCUT2D eigenvalue weighted by Crippen LogP contribution is 2.39. The third-order valence-electron chi connectivity index (χ3n) is 11.2. The molecule has 0 fully saturated rings. The standard InChI is InChI=1S/C24H28N8O4.C24H30N8O2/c1-29(2)10-11-30(3)20-14-22(36-5)18(13-21(20)32(33)34)27-24-25-9-8-23(28-24)31-15-26-17-12-16(35-4)6-7-19(17)31;1-30(2)10-11-31(3)21-14-22(34-5)19(13-17(21)25)28-24-26-9-8-23(29-24)32-15-27-18-12-16(33-4)6-7-20(18)32/h6-9,12-15H,10-11H2,1-5H3,(H,25,27,28);6-9,12-15H,10-11,25H2,1-5H3,(H,26,28,29). The van der Waals surface area contributed by atoms with Crippen molar-refractivity contribution in [2.24, 2.45) is 0 Å². The van der Waals surface area contributed by atoms with Crippen molar-refractivity contribution in [2.75, 3.05) is 123 Å². The highest BCUT2D eigenvalue weighted by Gasteiger charge is 2.23. The van der Waals surface area contributed by atoms with Crippen LogP contribution in [0.25, 0.3) is 33.7 Å². The Morgan fingerprint density at radius 2 is 1.04 bits per heavy atom. The number of nitro benzene ring substituents is 1. The maximum Gasteiger partial charge on any atom is 0.294 e. The number of nitrogens with two attached hydrogens (primary N) is 1. The molecule has 0 aliphatic rings. The average Bonchev–Trinajstić information content (AvgIpc) is 3.99. The maximum absolute atomic E-state index is 11.9. The van der Waals surface area contributed by atoms with E-state index < -0.39 is 4.92 Å². The van der Waals surface area contributed by atoms with Crippen molar-refractivity contribution < 1.29 is 23.9 Å². The molecule has 0 aliphatic heterocycles. The van der Waals surface area contributed by atoms with E-state index in [0.717, 1.165) is 53.1 Å². The van der Waals surface area contributed by atoms with E-state index in [1.54, 1.807) is 58.5 Å². The van der Waals surface area contributed by atoms with E-state index in [1.807, 2.05) is 116 Å². The number of methoxy groups -OCH3 is 4. The summed E-state index contributed by atoms with van der Waals surface area (Å²) in [6.45, 7) is 3.10. The first kappa shape index (κ1) is 49.4. The summed E-state index contributed by atoms with van der Waals surface area (Å²) in [5.41, 5.74) is 12.7. The molecule has 8 rings (SSSR count). The van der Waals surface area contributed by atoms with Gasteiger partial charge in [-0.15, -0.1) is 0 Å². The number of nitrogen functional groups attached to an aromatic ring is 1. The van der Waals surface area contributed by atoms with Crippen LogP contribution in [0.4, 0.5) is 46.0 Å². The van der Waals surface area contributed by atoms with E-state index in [9.17, 15) is 10.1 Å². The van der Waals surface area contributed by atoms with Gasteiger partial charge in [-0.3, -0.25) is 19.2 Å². The lowest BCUT2D eigenvalue weighted by Crippen LogP contribution is -2.29. The number of benzene rings is 4. The molecule has 70 heavy (non-hydrogen) atoms. The highest BCUT2D eigenvalue weighted by molar-refractivity contribution is 5.81. The lowest BCUT2D eigenvalue weighted by atomic mass is 10.2. The van der Waals surface area contributed by atoms with E-state index in [0.29, 0.717) is 64.1 Å². The van der Waals surface area contributed by atoms with Gasteiger partial charge in [0.05, 0.1) is 78.2 Å². The zero-order chi connectivity index (χ0) is 50.1. The molecule has 0 saturated heterocycles. The topological polar surface area (TPSA) is 230 Å². The summed E-state index contributed by atoms with van der Waals surface area (Å²) in [5, 5.41) is 18.2. The van der Waals surface area contributed by atoms with Crippen LogP contribution in [0.1, 0.15) is 0 Å². The first-order valence-corrected chi connectivity index (χ1v) is 22.0. The van der Waals surface area contributed by atoms with Crippen LogP contribution in [0.2, 0.25) is 0 Å². The molecule has 0 saturated carbocycles. The molecule has 4 N–H and O–H groups in total. The zero-order valence-electron chi connectivity index (χ0n) is 40.9. The number of imidazole rings is 2. The smallest absolute Gasteiger partial charge is 0.294 e. The maximum atomic E-state index is 11.9. The van der Waals surface area contributed by atoms with Gasteiger partial charge in [0.1, 0.15) is 53.0 Å². The van der Waals surface area contributed by atoms with Crippen molar-refractivity contribution in [3.63, 3.8) is 0 Å². The number of nitrogens with zero attached hydrogens (tertiary/aromatic N) is 13. The summed E-state index contributed by atoms with van der Waals surface area (Å²) < 4.78 is 25.5. The number of hydrogen-bond acceptors (Lipinski definition) is 19. The number of hydrogen-bond donors (Lipinski definition) is 3. The van der Waals surface area contributed by atoms with Gasteiger partial charge in [-0.05, 0) is 70.7 Å². The average molecular weight is 955 g/mol. The van der Waals surface area contributed by atoms with Gasteiger partial charge in [0.15, 0.2) is 0 Å². The Bertz CT molecular complexity index is 3090. The fourth-order valence-electron chi connectivity index (χ4n) is 7.33. The SMILES string of the molecule is COc1ccc2c(c1)ncn2-c1ccnc(Nc2cc(N)c(N(C)CCN(C)C)cc2OC)n1.COc1ccc2c(c1)ncn2-c1ccnc(Nc2cc([N+](=O)[O-])c(N(C)CCN(C)C)cc2OC)n1. The molecular weight excluding hydrogens is 897 g/mol. The van der Waals surface area contributed by atoms with Gasteiger partial charge < -0.3 is 54.9 Å². The normalized spacial score (nSPS) is 11.1. The number of anilines is 7. The van der Waals surface area contributed by atoms with E-state index in [2.05, 4.69) is 50.3 Å². The summed E-state index contributed by atoms with van der Waals surface area (Å²) >= 11 is 0. The van der Waals surface area contributed by atoms with Crippen molar-refractivity contribution >= 4 is 68.1 Å². The quantitative estimate of drug-likeness (QED) is 0.0438. The Balaban J connectivity index is 0.000000207. The van der Waals surface area contributed by atoms with Crippen LogP contribution < -0.4 is 45.1 Å². The van der Waals surface area contributed by atoms with Crippen LogP contribution in [0.5, 0.6) is 23.0 Å². The van der Waals surface area contributed by atoms with Crippen LogP contribution in [0, 0.1) is 10.1 Å². The molecule has 8 aromatic rings. The molecule has 0 radical (unpaired) electrons. The van der Waals surface area contributed by atoms with Gasteiger partial charge in [-0.25, -0.2) is 19.9 Å². The van der Waals surface area contributed by atoms with Crippen LogP contribution in [0.3, 0.4) is 0 Å². The molecule has 0 amide bonds. The minimum atomic E-state index is -0.407. The first-order valence-electron chi connectivity index (χ1n) is 22.0. The molecule has 4 aromatic carbocycles. The summed E-state index contributed by atoms with van der Waals surface area (Å²) in [4.78, 5) is 46.4. The van der Waals surface area contributed by atoms with E-state index >= 15 is 0 Å². The number of aromatic nitrogens is 8. The van der Waals surface area contributed by atoms with Crippen LogP contribution in [-0.4, -0.2) is 151 Å². The third-order valence-corrected chi connectivity index (χ3v) is 11.2. The molecule has 366 valence electrons. The molecule has 0 spiro atoms. The molecule has 4 aromatic heterocycles. The predicted molar refractivity (Wildman–Crippen MR) is 274 cm³/mol. The fraction of sp³-hybridized carbons (Fsp3) is 0.292. The Kier molecular flexibility index (Phi) is 15.6. The number of rotatable bonds is 19. The van der Waals surface area contributed by atoms with E-state index in [-0.39, 0.29) is 11.6 Å². The molecule has 22 heteroatoms. The van der Waals surface area contributed by atoms with Gasteiger partial charge in [0, 0.05) is 83.0 Å². The summed E-state index contributed by atoms with van der Waals surface area (Å²) in [7, 11) is 18.2. The molecule has 0 atom stereocenters. The Labute approximate surface area is 405 Å². The van der Waals surface area contributed by atoms with E-state index in [1.165, 1.54) is 13.2 Å². The van der Waals surface area contributed by atoms with Gasteiger partial charge >= 0.3 is 0 Å². The number of likely N-dealkylation sites (N-methyl/N-ethyl adjacent to an activating group) is 4. The van der Waals surface area contributed by atoms with E-state index in [4.69, 9.17) is 24.7 Å². The Morgan fingerprint density at radius 3 is 1.49 bits per heavy atom. The molecule has 4 heterocycles. The molecule has 22 nitrogen and oxygen atoms in total. The lowest BCUT2D eigenvalue weighted by molar-refractivity contribution is -0.384. The number of nitrogens with one attached hydrogen (secondary N) is 2. The highest BCUT2D eigenvalue weighted by atomic mass is 16.6. The summed E-state index contributed by atoms with van der Waals surface area (Å²) in [5.74, 6) is 4.47. The Morgan fingerprint density at radius 1 is 0.586 bits per heavy atom. The molecule has 0 bridgehead atoms. The van der Waals surface area contributed by atoms with Crippen LogP contribution in [0.15, 0.2) is 97.8 Å². The van der Waals surface area contributed by atoms with Crippen LogP contribution >= 0.6 is 0 Å². The Hall–Kier alpha value is -8.50. The van der Waals surface area contributed by atoms with Crippen molar-refractivity contribution in [1.29, 1.82) is 0 Å². The van der Waals surface area contributed by atoms with Gasteiger partial charge in [0.2, 0.25) is 11.9 Å². The van der Waals surface area contributed by atoms with Crippen molar-refractivity contribution in [3.8, 4) is 34.6 Å². The van der Waals surface area contributed by atoms with Crippen molar-refractivity contribution in [3.05, 3.63) is 108 Å². The zero-order valence-corrected chi connectivity index (χ0v) is 40.9. The van der Waals surface area contributed by atoms with Crippen LogP contribution in [-0.2, 0) is 0 Å². The first-order chi connectivity index (χ1) is 33.7. The molecular formula is C48H58N16O6. The van der Waals surface area contributed by atoms with Gasteiger partial charge in [0.25, 0.3) is 5.69 Å². The largest absolute Gasteiger partial charge is 0.497 e. The molecule has 0 unspecified atom stereocenters. The summed E-state index contributed by atoms with van der Waals surface area (Å²) in [6, 6.07) is 21.7. The van der Waals surface area contributed by atoms with Crippen molar-refractivity contribution in [1.82, 2.24) is 48.8 Å². The second-order valence-corrected chi connectivity index (χ2v) is 16.5. The second-order valence-electron chi connectivity index (χ2n) is 16.5. The minimum absolute atomic E-state index is 0.0507. The second kappa shape index (κ2) is 22.1. The van der Waals surface area contributed by atoms with Gasteiger partial charge in [-0.1, -0.05) is 0 Å². The number of ether oxygens (including phenoxy) is 4. The van der Waals surface area contributed by atoms with Gasteiger partial charge in [-0.2, -0.15) is 9.97 Å². The number of nitro groups is 1. The minimum Gasteiger partial charge on any atom is -0.497 e. The predicted octanol–water partition coefficient (Wildman–Crippen LogP) is 6.64. The monoisotopic (exact) mass is 954 g/mol. The third kappa shape index (κ3) is 11.4.